The molecule has 0 unspecified atom stereocenters. The molecule has 0 saturated carbocycles. The molecule has 0 radical (unpaired) electrons. The van der Waals surface area contributed by atoms with Gasteiger partial charge < -0.3 is 14.4 Å². The van der Waals surface area contributed by atoms with Crippen molar-refractivity contribution in [2.24, 2.45) is 5.92 Å². The molecule has 0 spiro atoms. The third-order valence-electron chi connectivity index (χ3n) is 5.95. The van der Waals surface area contributed by atoms with Gasteiger partial charge >= 0.3 is 0 Å². The third-order valence-corrected chi connectivity index (χ3v) is 5.95. The lowest BCUT2D eigenvalue weighted by Crippen LogP contribution is -2.37. The van der Waals surface area contributed by atoms with Gasteiger partial charge in [0.1, 0.15) is 18.1 Å². The Kier molecular flexibility index (Phi) is 6.56. The predicted octanol–water partition coefficient (Wildman–Crippen LogP) is 5.81. The van der Waals surface area contributed by atoms with Gasteiger partial charge in [-0.1, -0.05) is 49.4 Å². The molecule has 3 aromatic carbocycles. The maximum atomic E-state index is 12.9. The first-order valence-electron chi connectivity index (χ1n) is 10.9. The minimum atomic E-state index is 0.0861. The van der Waals surface area contributed by atoms with Crippen molar-refractivity contribution in [2.45, 2.75) is 26.4 Å². The van der Waals surface area contributed by atoms with Gasteiger partial charge in [-0.15, -0.1) is 0 Å². The largest absolute Gasteiger partial charge is 0.496 e. The van der Waals surface area contributed by atoms with Gasteiger partial charge in [0.15, 0.2) is 0 Å². The molecule has 3 aromatic rings. The number of nitrogens with zero attached hydrogens (tertiary/aromatic N) is 1. The van der Waals surface area contributed by atoms with Crippen molar-refractivity contribution in [1.29, 1.82) is 0 Å². The van der Waals surface area contributed by atoms with E-state index in [2.05, 4.69) is 31.2 Å². The lowest BCUT2D eigenvalue weighted by Gasteiger charge is -2.30. The topological polar surface area (TPSA) is 38.8 Å². The Morgan fingerprint density at radius 1 is 0.935 bits per heavy atom. The van der Waals surface area contributed by atoms with Crippen LogP contribution < -0.4 is 9.47 Å². The molecule has 1 amide bonds. The number of ether oxygens (including phenoxy) is 2. The van der Waals surface area contributed by atoms with Crippen LogP contribution in [0.15, 0.2) is 72.8 Å². The number of piperidine rings is 1. The molecule has 31 heavy (non-hydrogen) atoms. The Hall–Kier alpha value is -3.27. The van der Waals surface area contributed by atoms with Crippen LogP contribution in [0.5, 0.6) is 11.5 Å². The molecule has 1 aliphatic rings. The van der Waals surface area contributed by atoms with Crippen molar-refractivity contribution < 1.29 is 14.3 Å². The minimum absolute atomic E-state index is 0.0861. The van der Waals surface area contributed by atoms with E-state index in [4.69, 9.17) is 9.47 Å². The molecule has 0 aliphatic carbocycles. The molecule has 1 aliphatic heterocycles. The molecule has 4 nitrogen and oxygen atoms in total. The first-order chi connectivity index (χ1) is 15.1. The lowest BCUT2D eigenvalue weighted by atomic mass is 9.98. The van der Waals surface area contributed by atoms with Gasteiger partial charge in [0.05, 0.1) is 7.11 Å². The summed E-state index contributed by atoms with van der Waals surface area (Å²) in [5.41, 5.74) is 3.88. The molecule has 0 atom stereocenters. The number of likely N-dealkylation sites (tertiary alicyclic amines) is 1. The number of methoxy groups -OCH3 is 1. The minimum Gasteiger partial charge on any atom is -0.496 e. The van der Waals surface area contributed by atoms with Crippen LogP contribution >= 0.6 is 0 Å². The van der Waals surface area contributed by atoms with E-state index in [0.29, 0.717) is 18.1 Å². The fourth-order valence-electron chi connectivity index (χ4n) is 3.95. The van der Waals surface area contributed by atoms with Crippen molar-refractivity contribution in [3.8, 4) is 22.6 Å². The quantitative estimate of drug-likeness (QED) is 0.510. The Morgan fingerprint density at radius 2 is 1.61 bits per heavy atom. The van der Waals surface area contributed by atoms with Crippen LogP contribution in [0.3, 0.4) is 0 Å². The normalized spacial score (nSPS) is 14.3. The summed E-state index contributed by atoms with van der Waals surface area (Å²) < 4.78 is 11.5. The SMILES string of the molecule is COc1ccc(C(=O)N2CCC(C)CC2)cc1COc1ccc(-c2ccccc2)cc1. The van der Waals surface area contributed by atoms with E-state index in [1.807, 2.05) is 53.4 Å². The number of amides is 1. The number of rotatable bonds is 6. The summed E-state index contributed by atoms with van der Waals surface area (Å²) in [5.74, 6) is 2.29. The summed E-state index contributed by atoms with van der Waals surface area (Å²) in [5, 5.41) is 0. The first-order valence-corrected chi connectivity index (χ1v) is 10.9. The molecule has 0 N–H and O–H groups in total. The van der Waals surface area contributed by atoms with E-state index in [-0.39, 0.29) is 5.91 Å². The molecule has 1 heterocycles. The van der Waals surface area contributed by atoms with Crippen LogP contribution in [0, 0.1) is 5.92 Å². The van der Waals surface area contributed by atoms with Crippen molar-refractivity contribution in [3.05, 3.63) is 83.9 Å². The van der Waals surface area contributed by atoms with Gasteiger partial charge in [0.25, 0.3) is 5.91 Å². The highest BCUT2D eigenvalue weighted by Crippen LogP contribution is 2.26. The zero-order chi connectivity index (χ0) is 21.6. The van der Waals surface area contributed by atoms with Crippen molar-refractivity contribution >= 4 is 5.91 Å². The van der Waals surface area contributed by atoms with Gasteiger partial charge in [0.2, 0.25) is 0 Å². The zero-order valence-electron chi connectivity index (χ0n) is 18.2. The van der Waals surface area contributed by atoms with Gasteiger partial charge in [-0.25, -0.2) is 0 Å². The van der Waals surface area contributed by atoms with E-state index in [0.717, 1.165) is 48.6 Å². The Labute approximate surface area is 184 Å². The van der Waals surface area contributed by atoms with E-state index in [1.54, 1.807) is 7.11 Å². The molecular formula is C27H29NO3. The Morgan fingerprint density at radius 3 is 2.29 bits per heavy atom. The average Bonchev–Trinajstić information content (AvgIpc) is 2.83. The predicted molar refractivity (Wildman–Crippen MR) is 124 cm³/mol. The van der Waals surface area contributed by atoms with Crippen molar-refractivity contribution in [1.82, 2.24) is 4.90 Å². The second-order valence-corrected chi connectivity index (χ2v) is 8.18. The van der Waals surface area contributed by atoms with Gasteiger partial charge in [-0.3, -0.25) is 4.79 Å². The number of benzene rings is 3. The second-order valence-electron chi connectivity index (χ2n) is 8.18. The van der Waals surface area contributed by atoms with E-state index < -0.39 is 0 Å². The van der Waals surface area contributed by atoms with Crippen LogP contribution in [0.25, 0.3) is 11.1 Å². The summed E-state index contributed by atoms with van der Waals surface area (Å²) >= 11 is 0. The monoisotopic (exact) mass is 415 g/mol. The highest BCUT2D eigenvalue weighted by atomic mass is 16.5. The maximum absolute atomic E-state index is 12.9. The number of carbonyl (C=O) groups excluding carboxylic acids is 1. The summed E-state index contributed by atoms with van der Waals surface area (Å²) in [4.78, 5) is 14.9. The van der Waals surface area contributed by atoms with E-state index >= 15 is 0 Å². The molecule has 4 rings (SSSR count). The summed E-state index contributed by atoms with van der Waals surface area (Å²) in [6.07, 6.45) is 2.13. The summed E-state index contributed by atoms with van der Waals surface area (Å²) in [6.45, 7) is 4.24. The molecule has 1 fully saturated rings. The number of hydrogen-bond acceptors (Lipinski definition) is 3. The highest BCUT2D eigenvalue weighted by molar-refractivity contribution is 5.94. The first kappa shape index (κ1) is 21.0. The highest BCUT2D eigenvalue weighted by Gasteiger charge is 2.22. The number of carbonyl (C=O) groups is 1. The molecule has 1 saturated heterocycles. The van der Waals surface area contributed by atoms with Crippen LogP contribution in [0.4, 0.5) is 0 Å². The van der Waals surface area contributed by atoms with Gasteiger partial charge in [0, 0.05) is 24.2 Å². The molecule has 160 valence electrons. The molecule has 4 heteroatoms. The third kappa shape index (κ3) is 5.08. The van der Waals surface area contributed by atoms with Crippen molar-refractivity contribution in [2.75, 3.05) is 20.2 Å². The van der Waals surface area contributed by atoms with Gasteiger partial charge in [-0.05, 0) is 60.2 Å². The van der Waals surface area contributed by atoms with Crippen LogP contribution in [-0.4, -0.2) is 31.0 Å². The van der Waals surface area contributed by atoms with Crippen molar-refractivity contribution in [3.63, 3.8) is 0 Å². The second kappa shape index (κ2) is 9.69. The average molecular weight is 416 g/mol. The van der Waals surface area contributed by atoms with Crippen LogP contribution in [-0.2, 0) is 6.61 Å². The zero-order valence-corrected chi connectivity index (χ0v) is 18.2. The van der Waals surface area contributed by atoms with E-state index in [1.165, 1.54) is 5.56 Å². The molecule has 0 aromatic heterocycles. The van der Waals surface area contributed by atoms with Crippen LogP contribution in [0.1, 0.15) is 35.7 Å². The molecule has 0 bridgehead atoms. The fraction of sp³-hybridized carbons (Fsp3) is 0.296. The smallest absolute Gasteiger partial charge is 0.253 e. The lowest BCUT2D eigenvalue weighted by molar-refractivity contribution is 0.0697. The number of hydrogen-bond donors (Lipinski definition) is 0. The van der Waals surface area contributed by atoms with Gasteiger partial charge in [-0.2, -0.15) is 0 Å². The van der Waals surface area contributed by atoms with Crippen LogP contribution in [0.2, 0.25) is 0 Å². The van der Waals surface area contributed by atoms with E-state index in [9.17, 15) is 4.79 Å². The molecular weight excluding hydrogens is 386 g/mol. The maximum Gasteiger partial charge on any atom is 0.253 e. The summed E-state index contributed by atoms with van der Waals surface area (Å²) in [6, 6.07) is 23.9. The standard InChI is InChI=1S/C27H29NO3/c1-20-14-16-28(17-15-20)27(29)23-10-13-26(30-2)24(18-23)19-31-25-11-8-22(9-12-25)21-6-4-3-5-7-21/h3-13,18,20H,14-17,19H2,1-2H3. The Balaban J connectivity index is 1.45. The summed E-state index contributed by atoms with van der Waals surface area (Å²) in [7, 11) is 1.64. The Bertz CT molecular complexity index is 1010. The fourth-order valence-corrected chi connectivity index (χ4v) is 3.95.